The molecule has 0 saturated carbocycles. The minimum atomic E-state index is -0.219. The highest BCUT2D eigenvalue weighted by atomic mass is 16.5. The summed E-state index contributed by atoms with van der Waals surface area (Å²) in [6.45, 7) is 4.38. The first-order valence-corrected chi connectivity index (χ1v) is 8.89. The molecular weight excluding hydrogens is 274 g/mol. The maximum absolute atomic E-state index is 12.1. The van der Waals surface area contributed by atoms with E-state index in [9.17, 15) is 4.79 Å². The molecule has 0 aliphatic rings. The normalized spacial score (nSPS) is 12.1. The molecule has 124 valence electrons. The van der Waals surface area contributed by atoms with Gasteiger partial charge in [0.15, 0.2) is 0 Å². The van der Waals surface area contributed by atoms with Gasteiger partial charge >= 0.3 is 5.97 Å². The van der Waals surface area contributed by atoms with Crippen LogP contribution in [0, 0.1) is 0 Å². The molecule has 0 saturated heterocycles. The minimum absolute atomic E-state index is 0.0568. The molecule has 3 nitrogen and oxygen atoms in total. The van der Waals surface area contributed by atoms with Crippen LogP contribution >= 0.6 is 0 Å². The molecule has 0 aliphatic heterocycles. The predicted octanol–water partition coefficient (Wildman–Crippen LogP) is 5.55. The molecule has 0 fully saturated rings. The Labute approximate surface area is 135 Å². The smallest absolute Gasteiger partial charge is 0.338 e. The second kappa shape index (κ2) is 12.2. The first kappa shape index (κ1) is 18.7. The van der Waals surface area contributed by atoms with E-state index in [2.05, 4.69) is 18.8 Å². The zero-order valence-electron chi connectivity index (χ0n) is 14.2. The van der Waals surface area contributed by atoms with Gasteiger partial charge in [0.05, 0.1) is 5.56 Å². The van der Waals surface area contributed by atoms with Crippen LogP contribution in [0.25, 0.3) is 0 Å². The molecule has 0 bridgehead atoms. The van der Waals surface area contributed by atoms with Crippen LogP contribution in [0.5, 0.6) is 0 Å². The number of rotatable bonds is 12. The minimum Gasteiger partial charge on any atom is -0.459 e. The summed E-state index contributed by atoms with van der Waals surface area (Å²) in [4.78, 5) is 16.0. The average molecular weight is 305 g/mol. The molecule has 0 amide bonds. The van der Waals surface area contributed by atoms with Gasteiger partial charge in [0.1, 0.15) is 6.10 Å². The van der Waals surface area contributed by atoms with Crippen LogP contribution in [0.2, 0.25) is 0 Å². The van der Waals surface area contributed by atoms with E-state index >= 15 is 0 Å². The highest BCUT2D eigenvalue weighted by molar-refractivity contribution is 5.89. The quantitative estimate of drug-likeness (QED) is 0.375. The van der Waals surface area contributed by atoms with Crippen molar-refractivity contribution in [2.45, 2.75) is 84.2 Å². The fourth-order valence-electron chi connectivity index (χ4n) is 2.62. The third kappa shape index (κ3) is 8.16. The van der Waals surface area contributed by atoms with E-state index < -0.39 is 0 Å². The van der Waals surface area contributed by atoms with E-state index in [1.165, 1.54) is 38.5 Å². The van der Waals surface area contributed by atoms with Gasteiger partial charge < -0.3 is 4.74 Å². The van der Waals surface area contributed by atoms with Crippen molar-refractivity contribution < 1.29 is 9.53 Å². The Balaban J connectivity index is 2.25. The monoisotopic (exact) mass is 305 g/mol. The first-order valence-electron chi connectivity index (χ1n) is 8.89. The largest absolute Gasteiger partial charge is 0.459 e. The standard InChI is InChI=1S/C19H31NO2/c1-3-5-6-7-8-9-10-12-18(11-4-2)22-19(21)17-13-15-20-16-14-17/h13-16,18H,3-12H2,1-2H3. The van der Waals surface area contributed by atoms with E-state index in [-0.39, 0.29) is 12.1 Å². The van der Waals surface area contributed by atoms with Crippen LogP contribution in [0.15, 0.2) is 24.5 Å². The van der Waals surface area contributed by atoms with Gasteiger partial charge in [-0.3, -0.25) is 4.98 Å². The summed E-state index contributed by atoms with van der Waals surface area (Å²) >= 11 is 0. The van der Waals surface area contributed by atoms with E-state index in [0.717, 1.165) is 25.7 Å². The predicted molar refractivity (Wildman–Crippen MR) is 91.0 cm³/mol. The van der Waals surface area contributed by atoms with Gasteiger partial charge in [-0.15, -0.1) is 0 Å². The fourth-order valence-corrected chi connectivity index (χ4v) is 2.62. The third-order valence-corrected chi connectivity index (χ3v) is 3.93. The molecule has 1 rings (SSSR count). The van der Waals surface area contributed by atoms with Crippen molar-refractivity contribution in [3.05, 3.63) is 30.1 Å². The summed E-state index contributed by atoms with van der Waals surface area (Å²) in [6.07, 6.45) is 15.3. The Morgan fingerprint density at radius 3 is 2.23 bits per heavy atom. The first-order chi connectivity index (χ1) is 10.8. The van der Waals surface area contributed by atoms with Crippen molar-refractivity contribution in [3.8, 4) is 0 Å². The van der Waals surface area contributed by atoms with Crippen molar-refractivity contribution in [1.29, 1.82) is 0 Å². The van der Waals surface area contributed by atoms with Gasteiger partial charge in [0.2, 0.25) is 0 Å². The second-order valence-electron chi connectivity index (χ2n) is 5.96. The van der Waals surface area contributed by atoms with Crippen molar-refractivity contribution in [1.82, 2.24) is 4.98 Å². The highest BCUT2D eigenvalue weighted by Gasteiger charge is 2.14. The Morgan fingerprint density at radius 2 is 1.59 bits per heavy atom. The Bertz CT molecular complexity index is 392. The molecule has 0 N–H and O–H groups in total. The number of carbonyl (C=O) groups is 1. The van der Waals surface area contributed by atoms with Gasteiger partial charge in [-0.05, 0) is 31.4 Å². The molecule has 1 atom stereocenters. The van der Waals surface area contributed by atoms with Crippen molar-refractivity contribution in [2.24, 2.45) is 0 Å². The number of pyridine rings is 1. The number of unbranched alkanes of at least 4 members (excludes halogenated alkanes) is 6. The van der Waals surface area contributed by atoms with E-state index in [0.29, 0.717) is 5.56 Å². The highest BCUT2D eigenvalue weighted by Crippen LogP contribution is 2.16. The molecule has 3 heteroatoms. The number of nitrogens with zero attached hydrogens (tertiary/aromatic N) is 1. The maximum atomic E-state index is 12.1. The lowest BCUT2D eigenvalue weighted by atomic mass is 10.0. The van der Waals surface area contributed by atoms with Crippen molar-refractivity contribution >= 4 is 5.97 Å². The van der Waals surface area contributed by atoms with E-state index in [1.54, 1.807) is 24.5 Å². The topological polar surface area (TPSA) is 39.2 Å². The Morgan fingerprint density at radius 1 is 0.955 bits per heavy atom. The number of ether oxygens (including phenoxy) is 1. The molecular formula is C19H31NO2. The summed E-state index contributed by atoms with van der Waals surface area (Å²) < 4.78 is 5.66. The number of esters is 1. The van der Waals surface area contributed by atoms with Crippen LogP contribution in [0.4, 0.5) is 0 Å². The van der Waals surface area contributed by atoms with Crippen LogP contribution in [0.3, 0.4) is 0 Å². The van der Waals surface area contributed by atoms with E-state index in [4.69, 9.17) is 4.74 Å². The molecule has 0 aliphatic carbocycles. The number of carbonyl (C=O) groups excluding carboxylic acids is 1. The van der Waals surface area contributed by atoms with Crippen molar-refractivity contribution in [2.75, 3.05) is 0 Å². The fraction of sp³-hybridized carbons (Fsp3) is 0.684. The summed E-state index contributed by atoms with van der Waals surface area (Å²) in [5.41, 5.74) is 0.593. The molecule has 1 aromatic heterocycles. The Hall–Kier alpha value is -1.38. The van der Waals surface area contributed by atoms with Crippen LogP contribution in [-0.2, 0) is 4.74 Å². The van der Waals surface area contributed by atoms with Gasteiger partial charge in [-0.1, -0.05) is 58.8 Å². The maximum Gasteiger partial charge on any atom is 0.338 e. The number of hydrogen-bond donors (Lipinski definition) is 0. The summed E-state index contributed by atoms with van der Waals surface area (Å²) in [7, 11) is 0. The molecule has 1 unspecified atom stereocenters. The summed E-state index contributed by atoms with van der Waals surface area (Å²) in [5.74, 6) is -0.219. The number of hydrogen-bond acceptors (Lipinski definition) is 3. The van der Waals surface area contributed by atoms with Gasteiger partial charge in [-0.2, -0.15) is 0 Å². The van der Waals surface area contributed by atoms with Gasteiger partial charge in [-0.25, -0.2) is 4.79 Å². The van der Waals surface area contributed by atoms with Crippen LogP contribution in [-0.4, -0.2) is 17.1 Å². The van der Waals surface area contributed by atoms with Gasteiger partial charge in [0.25, 0.3) is 0 Å². The molecule has 1 heterocycles. The summed E-state index contributed by atoms with van der Waals surface area (Å²) in [5, 5.41) is 0. The van der Waals surface area contributed by atoms with Gasteiger partial charge in [0, 0.05) is 12.4 Å². The zero-order chi connectivity index (χ0) is 16.0. The average Bonchev–Trinajstić information content (AvgIpc) is 2.55. The molecule has 0 radical (unpaired) electrons. The second-order valence-corrected chi connectivity index (χ2v) is 5.96. The van der Waals surface area contributed by atoms with Crippen LogP contribution < -0.4 is 0 Å². The number of aromatic nitrogens is 1. The van der Waals surface area contributed by atoms with Crippen LogP contribution in [0.1, 0.15) is 88.4 Å². The molecule has 1 aromatic rings. The SMILES string of the molecule is CCCCCCCCCC(CCC)OC(=O)c1ccncc1. The third-order valence-electron chi connectivity index (χ3n) is 3.93. The molecule has 22 heavy (non-hydrogen) atoms. The Kier molecular flexibility index (Phi) is 10.3. The lowest BCUT2D eigenvalue weighted by molar-refractivity contribution is 0.0253. The molecule has 0 aromatic carbocycles. The zero-order valence-corrected chi connectivity index (χ0v) is 14.2. The summed E-state index contributed by atoms with van der Waals surface area (Å²) in [6, 6.07) is 3.41. The van der Waals surface area contributed by atoms with Crippen molar-refractivity contribution in [3.63, 3.8) is 0 Å². The lowest BCUT2D eigenvalue weighted by Gasteiger charge is -2.17. The van der Waals surface area contributed by atoms with E-state index in [1.807, 2.05) is 0 Å². The molecule has 0 spiro atoms. The lowest BCUT2D eigenvalue weighted by Crippen LogP contribution is -2.18.